The second-order valence-electron chi connectivity index (χ2n) is 8.18. The van der Waals surface area contributed by atoms with Gasteiger partial charge in [0.25, 0.3) is 11.4 Å². The summed E-state index contributed by atoms with van der Waals surface area (Å²) in [6.07, 6.45) is 0. The number of nitrogens with one attached hydrogen (secondary N) is 1. The summed E-state index contributed by atoms with van der Waals surface area (Å²) < 4.78 is 41.6. The van der Waals surface area contributed by atoms with E-state index >= 15 is 0 Å². The number of hydrogen-bond acceptors (Lipinski definition) is 10. The molecule has 0 spiro atoms. The van der Waals surface area contributed by atoms with E-state index < -0.39 is 55.6 Å². The van der Waals surface area contributed by atoms with Crippen molar-refractivity contribution in [1.29, 1.82) is 10.5 Å². The van der Waals surface area contributed by atoms with E-state index in [2.05, 4.69) is 37.2 Å². The fourth-order valence-corrected chi connectivity index (χ4v) is 4.49. The average molecular weight is 791 g/mol. The summed E-state index contributed by atoms with van der Waals surface area (Å²) in [6, 6.07) is 14.6. The van der Waals surface area contributed by atoms with Gasteiger partial charge in [-0.1, -0.05) is 55.1 Å². The van der Waals surface area contributed by atoms with Gasteiger partial charge in [0.2, 0.25) is 0 Å². The number of hydrogen-bond donors (Lipinski definition) is 4. The highest BCUT2D eigenvalue weighted by molar-refractivity contribution is 9.10. The van der Waals surface area contributed by atoms with E-state index in [9.17, 15) is 33.4 Å². The van der Waals surface area contributed by atoms with Crippen LogP contribution in [0, 0.1) is 60.3 Å². The number of nitro groups is 2. The molecule has 232 valence electrons. The Morgan fingerprint density at radius 1 is 0.733 bits per heavy atom. The summed E-state index contributed by atoms with van der Waals surface area (Å²) in [5, 5.41) is 42.0. The lowest BCUT2D eigenvalue weighted by molar-refractivity contribution is -0.384. The second-order valence-corrected chi connectivity index (χ2v) is 10.8. The molecule has 0 amide bonds. The first-order chi connectivity index (χ1) is 21.0. The molecule has 4 aromatic carbocycles. The van der Waals surface area contributed by atoms with Crippen LogP contribution < -0.4 is 22.5 Å². The molecule has 0 radical (unpaired) electrons. The van der Waals surface area contributed by atoms with Crippen molar-refractivity contribution >= 4 is 94.9 Å². The van der Waals surface area contributed by atoms with Crippen molar-refractivity contribution in [2.75, 3.05) is 22.5 Å². The van der Waals surface area contributed by atoms with Crippen LogP contribution in [0.4, 0.5) is 53.0 Å². The lowest BCUT2D eigenvalue weighted by Crippen LogP contribution is -2.05. The topological polar surface area (TPSA) is 224 Å². The summed E-state index contributed by atoms with van der Waals surface area (Å²) in [4.78, 5) is 19.2. The van der Waals surface area contributed by atoms with Crippen LogP contribution in [0.3, 0.4) is 0 Å². The monoisotopic (exact) mass is 788 g/mol. The molecular formula is C26H15Br2Cl2F3N8O4. The first-order valence-corrected chi connectivity index (χ1v) is 13.8. The van der Waals surface area contributed by atoms with Crippen LogP contribution in [0.15, 0.2) is 57.5 Å². The molecule has 0 bridgehead atoms. The lowest BCUT2D eigenvalue weighted by Gasteiger charge is -2.12. The normalized spacial score (nSPS) is 9.80. The number of nitrogens with two attached hydrogens (primary N) is 3. The van der Waals surface area contributed by atoms with Gasteiger partial charge in [-0.15, -0.1) is 0 Å². The van der Waals surface area contributed by atoms with Crippen LogP contribution >= 0.6 is 55.1 Å². The van der Waals surface area contributed by atoms with Gasteiger partial charge in [-0.25, -0.2) is 13.2 Å². The number of benzene rings is 4. The van der Waals surface area contributed by atoms with Gasteiger partial charge < -0.3 is 22.5 Å². The maximum atomic E-state index is 14.3. The summed E-state index contributed by atoms with van der Waals surface area (Å²) in [5.41, 5.74) is 12.4. The third kappa shape index (κ3) is 9.10. The van der Waals surface area contributed by atoms with Gasteiger partial charge in [0.1, 0.15) is 23.5 Å². The molecule has 0 fully saturated rings. The van der Waals surface area contributed by atoms with Crippen molar-refractivity contribution in [1.82, 2.24) is 0 Å². The molecule has 45 heavy (non-hydrogen) atoms. The lowest BCUT2D eigenvalue weighted by atomic mass is 10.1. The molecule has 0 aliphatic heterocycles. The number of nitrogens with zero attached hydrogens (tertiary/aromatic N) is 4. The molecule has 19 heteroatoms. The Balaban J connectivity index is 0.000000261. The largest absolute Gasteiger partial charge is 0.398 e. The molecule has 0 aliphatic carbocycles. The minimum absolute atomic E-state index is 0.252. The zero-order chi connectivity index (χ0) is 34.2. The fourth-order valence-electron chi connectivity index (χ4n) is 3.10. The molecule has 4 rings (SSSR count). The predicted molar refractivity (Wildman–Crippen MR) is 170 cm³/mol. The second kappa shape index (κ2) is 15.8. The van der Waals surface area contributed by atoms with Crippen LogP contribution in [0.2, 0.25) is 10.0 Å². The van der Waals surface area contributed by atoms with Gasteiger partial charge in [-0.2, -0.15) is 10.5 Å². The Labute approximate surface area is 278 Å². The molecule has 4 aromatic rings. The molecular weight excluding hydrogens is 776 g/mol. The third-order valence-corrected chi connectivity index (χ3v) is 6.92. The summed E-state index contributed by atoms with van der Waals surface area (Å²) in [7, 11) is 0. The van der Waals surface area contributed by atoms with E-state index in [4.69, 9.17) is 50.9 Å². The maximum absolute atomic E-state index is 14.3. The van der Waals surface area contributed by atoms with Gasteiger partial charge in [0, 0.05) is 21.1 Å². The predicted octanol–water partition coefficient (Wildman–Crippen LogP) is 8.36. The standard InChI is InChI=1S/C13H7BrClFN4O2.C7H3F2N3O2.C6H5BrClN/c14-7-1-2-9(8(15)4-7)19-13-6(5-17)3-10(20(21)22)12(18)11(13)16;8-5-3(2-10)1-4(12(13)14)7(11)6(5)9;7-4-1-2-6(9)5(8)3-4/h1-4,19H,18H2;1H,11H2;1-3H,9H2. The van der Waals surface area contributed by atoms with Crippen molar-refractivity contribution < 1.29 is 23.0 Å². The number of nitrogen functional groups attached to an aromatic ring is 3. The van der Waals surface area contributed by atoms with Gasteiger partial charge in [-0.05, 0) is 36.4 Å². The maximum Gasteiger partial charge on any atom is 0.296 e. The highest BCUT2D eigenvalue weighted by atomic mass is 79.9. The Kier molecular flexibility index (Phi) is 12.8. The first-order valence-electron chi connectivity index (χ1n) is 11.4. The fraction of sp³-hybridized carbons (Fsp3) is 0. The molecule has 0 unspecified atom stereocenters. The van der Waals surface area contributed by atoms with Gasteiger partial charge >= 0.3 is 0 Å². The van der Waals surface area contributed by atoms with E-state index in [0.717, 1.165) is 10.5 Å². The van der Waals surface area contributed by atoms with E-state index in [1.165, 1.54) is 6.07 Å². The zero-order valence-electron chi connectivity index (χ0n) is 21.9. The van der Waals surface area contributed by atoms with Crippen LogP contribution in [-0.2, 0) is 0 Å². The number of halogens is 7. The zero-order valence-corrected chi connectivity index (χ0v) is 26.6. The average Bonchev–Trinajstić information content (AvgIpc) is 2.98. The van der Waals surface area contributed by atoms with E-state index in [-0.39, 0.29) is 16.3 Å². The van der Waals surface area contributed by atoms with Gasteiger partial charge in [0.05, 0.1) is 48.1 Å². The summed E-state index contributed by atoms with van der Waals surface area (Å²) in [6.45, 7) is 0. The van der Waals surface area contributed by atoms with E-state index in [1.54, 1.807) is 36.4 Å². The highest BCUT2D eigenvalue weighted by Gasteiger charge is 2.24. The molecule has 0 aliphatic rings. The Morgan fingerprint density at radius 2 is 1.20 bits per heavy atom. The van der Waals surface area contributed by atoms with Crippen molar-refractivity contribution in [2.45, 2.75) is 0 Å². The Bertz CT molecular complexity index is 1910. The minimum atomic E-state index is -1.57. The number of nitro benzene ring substituents is 2. The molecule has 0 aromatic heterocycles. The van der Waals surface area contributed by atoms with Crippen LogP contribution in [0.1, 0.15) is 11.1 Å². The van der Waals surface area contributed by atoms with Crippen molar-refractivity contribution in [2.24, 2.45) is 0 Å². The van der Waals surface area contributed by atoms with Crippen LogP contribution in [0.5, 0.6) is 0 Å². The molecule has 0 atom stereocenters. The van der Waals surface area contributed by atoms with Gasteiger partial charge in [-0.3, -0.25) is 20.2 Å². The quantitative estimate of drug-likeness (QED) is 0.0878. The molecule has 7 N–H and O–H groups in total. The Hall–Kier alpha value is -4.81. The number of nitriles is 2. The minimum Gasteiger partial charge on any atom is -0.398 e. The van der Waals surface area contributed by atoms with Crippen molar-refractivity contribution in [3.8, 4) is 12.1 Å². The van der Waals surface area contributed by atoms with Crippen molar-refractivity contribution in [3.63, 3.8) is 0 Å². The van der Waals surface area contributed by atoms with E-state index in [1.807, 2.05) is 6.07 Å². The summed E-state index contributed by atoms with van der Waals surface area (Å²) in [5.74, 6) is -4.13. The van der Waals surface area contributed by atoms with Crippen LogP contribution in [0.25, 0.3) is 0 Å². The van der Waals surface area contributed by atoms with Crippen LogP contribution in [-0.4, -0.2) is 9.85 Å². The molecule has 0 saturated heterocycles. The van der Waals surface area contributed by atoms with Gasteiger partial charge in [0.15, 0.2) is 17.5 Å². The van der Waals surface area contributed by atoms with Crippen molar-refractivity contribution in [3.05, 3.63) is 116 Å². The molecule has 0 heterocycles. The highest BCUT2D eigenvalue weighted by Crippen LogP contribution is 2.37. The summed E-state index contributed by atoms with van der Waals surface area (Å²) >= 11 is 18.2. The molecule has 12 nitrogen and oxygen atoms in total. The SMILES string of the molecule is N#Cc1cc([N+](=O)[O-])c(N)c(F)c1F.N#Cc1cc([N+](=O)[O-])c(N)c(F)c1Nc1ccc(Br)cc1Cl.Nc1ccc(Br)cc1Cl. The third-order valence-electron chi connectivity index (χ3n) is 5.29. The number of rotatable bonds is 4. The smallest absolute Gasteiger partial charge is 0.296 e. The van der Waals surface area contributed by atoms with E-state index in [0.29, 0.717) is 26.9 Å². The molecule has 0 saturated carbocycles. The first kappa shape index (κ1) is 36.4. The number of anilines is 5. The Morgan fingerprint density at radius 3 is 1.64 bits per heavy atom.